The predicted octanol–water partition coefficient (Wildman–Crippen LogP) is 3.02. The number of rotatable bonds is 5. The number of hydrogen-bond donors (Lipinski definition) is 2. The quantitative estimate of drug-likeness (QED) is 0.823. The molecule has 2 rings (SSSR count). The van der Waals surface area contributed by atoms with Gasteiger partial charge >= 0.3 is 0 Å². The number of hydrogen-bond acceptors (Lipinski definition) is 2. The van der Waals surface area contributed by atoms with Gasteiger partial charge in [0.15, 0.2) is 0 Å². The van der Waals surface area contributed by atoms with E-state index in [1.54, 1.807) is 6.33 Å². The van der Waals surface area contributed by atoms with Gasteiger partial charge in [0.05, 0.1) is 12.0 Å². The molecule has 1 heterocycles. The van der Waals surface area contributed by atoms with E-state index >= 15 is 0 Å². The van der Waals surface area contributed by atoms with Crippen molar-refractivity contribution in [3.05, 3.63) is 17.7 Å². The molecule has 17 heavy (non-hydrogen) atoms. The highest BCUT2D eigenvalue weighted by molar-refractivity contribution is 5.07. The van der Waals surface area contributed by atoms with Gasteiger partial charge in [-0.15, -0.1) is 0 Å². The van der Waals surface area contributed by atoms with Crippen LogP contribution in [0.4, 0.5) is 0 Å². The standard InChI is InChI=1S/C14H25N3/c1-3-12-4-6-13(7-5-12)8-15-9-14-11(2)16-10-17-14/h10,12-13,15H,3-9H2,1-2H3,(H,16,17). The summed E-state index contributed by atoms with van der Waals surface area (Å²) < 4.78 is 0. The summed E-state index contributed by atoms with van der Waals surface area (Å²) in [5, 5.41) is 3.55. The molecule has 1 fully saturated rings. The maximum Gasteiger partial charge on any atom is 0.0925 e. The highest BCUT2D eigenvalue weighted by Gasteiger charge is 2.19. The first-order chi connectivity index (χ1) is 8.29. The van der Waals surface area contributed by atoms with Gasteiger partial charge in [0.2, 0.25) is 0 Å². The molecule has 1 aromatic rings. The van der Waals surface area contributed by atoms with Gasteiger partial charge in [0.1, 0.15) is 0 Å². The third kappa shape index (κ3) is 3.56. The zero-order valence-corrected chi connectivity index (χ0v) is 11.1. The SMILES string of the molecule is CCC1CCC(CNCc2nc[nH]c2C)CC1. The van der Waals surface area contributed by atoms with Crippen molar-refractivity contribution in [1.29, 1.82) is 0 Å². The van der Waals surface area contributed by atoms with Crippen molar-refractivity contribution in [3.8, 4) is 0 Å². The summed E-state index contributed by atoms with van der Waals surface area (Å²) in [5.74, 6) is 1.89. The molecule has 0 radical (unpaired) electrons. The van der Waals surface area contributed by atoms with Gasteiger partial charge in [-0.25, -0.2) is 4.98 Å². The molecule has 0 bridgehead atoms. The van der Waals surface area contributed by atoms with Gasteiger partial charge < -0.3 is 10.3 Å². The Bertz CT molecular complexity index is 324. The van der Waals surface area contributed by atoms with E-state index in [1.165, 1.54) is 37.8 Å². The Hall–Kier alpha value is -0.830. The van der Waals surface area contributed by atoms with Crippen LogP contribution in [0.2, 0.25) is 0 Å². The molecule has 1 saturated carbocycles. The third-order valence-electron chi connectivity index (χ3n) is 4.20. The second-order valence-electron chi connectivity index (χ2n) is 5.40. The molecule has 3 nitrogen and oxygen atoms in total. The fraction of sp³-hybridized carbons (Fsp3) is 0.786. The second-order valence-corrected chi connectivity index (χ2v) is 5.40. The fourth-order valence-electron chi connectivity index (χ4n) is 2.80. The lowest BCUT2D eigenvalue weighted by Gasteiger charge is -2.27. The van der Waals surface area contributed by atoms with Gasteiger partial charge in [-0.3, -0.25) is 0 Å². The van der Waals surface area contributed by atoms with Crippen LogP contribution < -0.4 is 5.32 Å². The molecule has 1 aliphatic carbocycles. The summed E-state index contributed by atoms with van der Waals surface area (Å²) in [6.07, 6.45) is 8.83. The van der Waals surface area contributed by atoms with Crippen LogP contribution in [-0.4, -0.2) is 16.5 Å². The third-order valence-corrected chi connectivity index (χ3v) is 4.20. The molecule has 0 aromatic carbocycles. The van der Waals surface area contributed by atoms with Crippen LogP contribution in [0.1, 0.15) is 50.4 Å². The number of aromatic amines is 1. The number of aromatic nitrogens is 2. The van der Waals surface area contributed by atoms with E-state index in [4.69, 9.17) is 0 Å². The average molecular weight is 235 g/mol. The van der Waals surface area contributed by atoms with E-state index in [9.17, 15) is 0 Å². The molecule has 1 aliphatic rings. The van der Waals surface area contributed by atoms with Crippen LogP contribution in [-0.2, 0) is 6.54 Å². The van der Waals surface area contributed by atoms with Crippen molar-refractivity contribution >= 4 is 0 Å². The van der Waals surface area contributed by atoms with Crippen molar-refractivity contribution in [1.82, 2.24) is 15.3 Å². The minimum Gasteiger partial charge on any atom is -0.348 e. The van der Waals surface area contributed by atoms with E-state index < -0.39 is 0 Å². The zero-order chi connectivity index (χ0) is 12.1. The topological polar surface area (TPSA) is 40.7 Å². The van der Waals surface area contributed by atoms with Crippen molar-refractivity contribution in [2.45, 2.75) is 52.5 Å². The molecule has 1 aromatic heterocycles. The largest absolute Gasteiger partial charge is 0.348 e. The second kappa shape index (κ2) is 6.20. The van der Waals surface area contributed by atoms with Crippen LogP contribution in [0.5, 0.6) is 0 Å². The number of imidazole rings is 1. The van der Waals surface area contributed by atoms with E-state index in [0.717, 1.165) is 30.6 Å². The van der Waals surface area contributed by atoms with Crippen molar-refractivity contribution in [2.24, 2.45) is 11.8 Å². The minimum absolute atomic E-state index is 0.886. The highest BCUT2D eigenvalue weighted by atomic mass is 14.9. The number of nitrogens with zero attached hydrogens (tertiary/aromatic N) is 1. The fourth-order valence-corrected chi connectivity index (χ4v) is 2.80. The molecule has 0 aliphatic heterocycles. The van der Waals surface area contributed by atoms with Crippen LogP contribution in [0, 0.1) is 18.8 Å². The van der Waals surface area contributed by atoms with Crippen molar-refractivity contribution in [2.75, 3.05) is 6.54 Å². The molecular weight excluding hydrogens is 210 g/mol. The first kappa shape index (κ1) is 12.6. The predicted molar refractivity (Wildman–Crippen MR) is 70.8 cm³/mol. The summed E-state index contributed by atoms with van der Waals surface area (Å²) in [7, 11) is 0. The van der Waals surface area contributed by atoms with Gasteiger partial charge in [0, 0.05) is 12.2 Å². The van der Waals surface area contributed by atoms with E-state index in [0.29, 0.717) is 0 Å². The molecule has 96 valence electrons. The molecule has 0 atom stereocenters. The summed E-state index contributed by atoms with van der Waals surface area (Å²) in [6.45, 7) is 6.46. The normalized spacial score (nSPS) is 25.1. The Morgan fingerprint density at radius 2 is 2.00 bits per heavy atom. The molecular formula is C14H25N3. The van der Waals surface area contributed by atoms with Gasteiger partial charge in [-0.2, -0.15) is 0 Å². The first-order valence-corrected chi connectivity index (χ1v) is 6.99. The molecule has 0 saturated heterocycles. The van der Waals surface area contributed by atoms with Crippen LogP contribution in [0.3, 0.4) is 0 Å². The maximum absolute atomic E-state index is 4.31. The smallest absolute Gasteiger partial charge is 0.0925 e. The molecule has 2 N–H and O–H groups in total. The Kier molecular flexibility index (Phi) is 4.60. The Morgan fingerprint density at radius 1 is 1.29 bits per heavy atom. The van der Waals surface area contributed by atoms with Gasteiger partial charge in [-0.1, -0.05) is 26.2 Å². The zero-order valence-electron chi connectivity index (χ0n) is 11.1. The Morgan fingerprint density at radius 3 is 2.59 bits per heavy atom. The molecule has 0 amide bonds. The van der Waals surface area contributed by atoms with Crippen molar-refractivity contribution in [3.63, 3.8) is 0 Å². The van der Waals surface area contributed by atoms with E-state index in [-0.39, 0.29) is 0 Å². The molecule has 3 heteroatoms. The summed E-state index contributed by atoms with van der Waals surface area (Å²) in [4.78, 5) is 7.43. The summed E-state index contributed by atoms with van der Waals surface area (Å²) in [5.41, 5.74) is 2.35. The highest BCUT2D eigenvalue weighted by Crippen LogP contribution is 2.30. The van der Waals surface area contributed by atoms with Crippen LogP contribution >= 0.6 is 0 Å². The summed E-state index contributed by atoms with van der Waals surface area (Å²) >= 11 is 0. The molecule has 0 spiro atoms. The maximum atomic E-state index is 4.31. The Balaban J connectivity index is 1.65. The number of nitrogens with one attached hydrogen (secondary N) is 2. The van der Waals surface area contributed by atoms with Gasteiger partial charge in [-0.05, 0) is 38.1 Å². The Labute approximate surface area is 104 Å². The lowest BCUT2D eigenvalue weighted by molar-refractivity contribution is 0.262. The summed E-state index contributed by atoms with van der Waals surface area (Å²) in [6, 6.07) is 0. The minimum atomic E-state index is 0.886. The number of aryl methyl sites for hydroxylation is 1. The van der Waals surface area contributed by atoms with Crippen LogP contribution in [0.25, 0.3) is 0 Å². The van der Waals surface area contributed by atoms with E-state index in [1.807, 2.05) is 0 Å². The lowest BCUT2D eigenvalue weighted by Crippen LogP contribution is -2.26. The van der Waals surface area contributed by atoms with E-state index in [2.05, 4.69) is 29.1 Å². The monoisotopic (exact) mass is 235 g/mol. The van der Waals surface area contributed by atoms with Crippen LogP contribution in [0.15, 0.2) is 6.33 Å². The van der Waals surface area contributed by atoms with Crippen molar-refractivity contribution < 1.29 is 0 Å². The average Bonchev–Trinajstić information content (AvgIpc) is 2.76. The number of H-pyrrole nitrogens is 1. The lowest BCUT2D eigenvalue weighted by atomic mass is 9.81. The van der Waals surface area contributed by atoms with Gasteiger partial charge in [0.25, 0.3) is 0 Å². The first-order valence-electron chi connectivity index (χ1n) is 6.99. The molecule has 0 unspecified atom stereocenters.